The lowest BCUT2D eigenvalue weighted by Crippen LogP contribution is -2.30. The van der Waals surface area contributed by atoms with Gasteiger partial charge in [0.25, 0.3) is 0 Å². The normalized spacial score (nSPS) is 19.4. The van der Waals surface area contributed by atoms with E-state index < -0.39 is 0 Å². The Morgan fingerprint density at radius 2 is 1.75 bits per heavy atom. The van der Waals surface area contributed by atoms with Crippen molar-refractivity contribution in [2.75, 3.05) is 12.4 Å². The molecule has 88 valence electrons. The predicted octanol–water partition coefficient (Wildman–Crippen LogP) is 4.29. The van der Waals surface area contributed by atoms with Gasteiger partial charge in [-0.2, -0.15) is 0 Å². The number of rotatable bonds is 3. The minimum absolute atomic E-state index is 0.366. The summed E-state index contributed by atoms with van der Waals surface area (Å²) in [4.78, 5) is 0. The average molecular weight is 283 g/mol. The molecule has 0 heterocycles. The number of benzene rings is 1. The molecule has 0 aromatic heterocycles. The van der Waals surface area contributed by atoms with Gasteiger partial charge in [-0.25, -0.2) is 0 Å². The van der Waals surface area contributed by atoms with Crippen LogP contribution in [0.15, 0.2) is 24.3 Å². The first kappa shape index (κ1) is 12.0. The van der Waals surface area contributed by atoms with Crippen molar-refractivity contribution in [3.63, 3.8) is 0 Å². The van der Waals surface area contributed by atoms with Gasteiger partial charge >= 0.3 is 0 Å². The summed E-state index contributed by atoms with van der Waals surface area (Å²) in [6, 6.07) is 8.61. The Bertz CT molecular complexity index is 325. The second-order valence-corrected chi connectivity index (χ2v) is 5.26. The van der Waals surface area contributed by atoms with E-state index in [1.54, 1.807) is 7.11 Å². The van der Waals surface area contributed by atoms with E-state index in [0.29, 0.717) is 5.41 Å². The second kappa shape index (κ2) is 5.22. The minimum Gasteiger partial charge on any atom is -0.497 e. The van der Waals surface area contributed by atoms with Crippen LogP contribution in [0.5, 0.6) is 5.75 Å². The molecular weight excluding hydrogens is 264 g/mol. The Morgan fingerprint density at radius 3 is 2.25 bits per heavy atom. The van der Waals surface area contributed by atoms with E-state index in [9.17, 15) is 0 Å². The van der Waals surface area contributed by atoms with Crippen LogP contribution in [0.4, 0.5) is 0 Å². The maximum atomic E-state index is 5.21. The van der Waals surface area contributed by atoms with Crippen LogP contribution in [0.3, 0.4) is 0 Å². The van der Waals surface area contributed by atoms with E-state index in [4.69, 9.17) is 4.74 Å². The van der Waals surface area contributed by atoms with Gasteiger partial charge in [0.15, 0.2) is 0 Å². The first-order chi connectivity index (χ1) is 7.80. The van der Waals surface area contributed by atoms with Gasteiger partial charge in [0, 0.05) is 10.7 Å². The monoisotopic (exact) mass is 282 g/mol. The van der Waals surface area contributed by atoms with Crippen LogP contribution in [-0.4, -0.2) is 12.4 Å². The van der Waals surface area contributed by atoms with Crippen LogP contribution in [-0.2, 0) is 5.41 Å². The summed E-state index contributed by atoms with van der Waals surface area (Å²) < 4.78 is 5.21. The molecule has 1 saturated carbocycles. The van der Waals surface area contributed by atoms with Gasteiger partial charge < -0.3 is 4.74 Å². The number of alkyl halides is 1. The largest absolute Gasteiger partial charge is 0.497 e. The van der Waals surface area contributed by atoms with Crippen molar-refractivity contribution in [3.8, 4) is 5.75 Å². The third kappa shape index (κ3) is 2.27. The molecule has 2 rings (SSSR count). The van der Waals surface area contributed by atoms with Crippen LogP contribution >= 0.6 is 15.9 Å². The third-order valence-corrected chi connectivity index (χ3v) is 4.84. The Morgan fingerprint density at radius 1 is 1.12 bits per heavy atom. The minimum atomic E-state index is 0.366. The van der Waals surface area contributed by atoms with E-state index in [1.807, 2.05) is 0 Å². The first-order valence-electron chi connectivity index (χ1n) is 6.01. The molecule has 0 atom stereocenters. The molecule has 1 fully saturated rings. The highest BCUT2D eigenvalue weighted by Crippen LogP contribution is 2.41. The highest BCUT2D eigenvalue weighted by atomic mass is 79.9. The molecule has 0 spiro atoms. The first-order valence-corrected chi connectivity index (χ1v) is 7.13. The van der Waals surface area contributed by atoms with Gasteiger partial charge in [-0.3, -0.25) is 0 Å². The van der Waals surface area contributed by atoms with Gasteiger partial charge in [0.2, 0.25) is 0 Å². The number of methoxy groups -OCH3 is 1. The number of halogens is 1. The summed E-state index contributed by atoms with van der Waals surface area (Å²) in [7, 11) is 1.72. The van der Waals surface area contributed by atoms with Crippen molar-refractivity contribution in [1.82, 2.24) is 0 Å². The smallest absolute Gasteiger partial charge is 0.118 e. The van der Waals surface area contributed by atoms with Crippen molar-refractivity contribution in [1.29, 1.82) is 0 Å². The number of ether oxygens (including phenoxy) is 1. The molecule has 0 unspecified atom stereocenters. The van der Waals surface area contributed by atoms with E-state index in [0.717, 1.165) is 11.1 Å². The highest BCUT2D eigenvalue weighted by molar-refractivity contribution is 9.09. The Hall–Kier alpha value is -0.500. The Labute approximate surface area is 106 Å². The van der Waals surface area contributed by atoms with Crippen LogP contribution in [0, 0.1) is 0 Å². The number of hydrogen-bond donors (Lipinski definition) is 0. The molecule has 1 aromatic rings. The van der Waals surface area contributed by atoms with Crippen LogP contribution in [0.1, 0.15) is 37.7 Å². The third-order valence-electron chi connectivity index (χ3n) is 3.77. The zero-order chi connectivity index (χ0) is 11.4. The molecule has 1 aliphatic carbocycles. The molecule has 0 radical (unpaired) electrons. The summed E-state index contributed by atoms with van der Waals surface area (Å²) >= 11 is 3.71. The molecule has 2 heteroatoms. The van der Waals surface area contributed by atoms with Gasteiger partial charge in [0.1, 0.15) is 5.75 Å². The number of hydrogen-bond acceptors (Lipinski definition) is 1. The average Bonchev–Trinajstić information content (AvgIpc) is 2.39. The van der Waals surface area contributed by atoms with Crippen molar-refractivity contribution >= 4 is 15.9 Å². The fourth-order valence-corrected chi connectivity index (χ4v) is 3.56. The molecule has 0 N–H and O–H groups in total. The summed E-state index contributed by atoms with van der Waals surface area (Å²) in [6.07, 6.45) is 6.73. The van der Waals surface area contributed by atoms with Gasteiger partial charge in [-0.15, -0.1) is 0 Å². The van der Waals surface area contributed by atoms with E-state index in [2.05, 4.69) is 40.2 Å². The van der Waals surface area contributed by atoms with Gasteiger partial charge in [-0.05, 0) is 30.5 Å². The fourth-order valence-electron chi connectivity index (χ4n) is 2.67. The SMILES string of the molecule is COc1ccc(C2(CBr)CCCCC2)cc1. The summed E-state index contributed by atoms with van der Waals surface area (Å²) in [6.45, 7) is 0. The molecular formula is C14H19BrO. The predicted molar refractivity (Wildman–Crippen MR) is 71.6 cm³/mol. The van der Waals surface area contributed by atoms with Crippen LogP contribution < -0.4 is 4.74 Å². The van der Waals surface area contributed by atoms with Gasteiger partial charge in [0.05, 0.1) is 7.11 Å². The summed E-state index contributed by atoms with van der Waals surface area (Å²) in [5.74, 6) is 0.948. The summed E-state index contributed by atoms with van der Waals surface area (Å²) in [5, 5.41) is 1.08. The van der Waals surface area contributed by atoms with E-state index in [-0.39, 0.29) is 0 Å². The molecule has 1 aliphatic rings. The quantitative estimate of drug-likeness (QED) is 0.752. The standard InChI is InChI=1S/C14H19BrO/c1-16-13-7-5-12(6-8-13)14(11-15)9-3-2-4-10-14/h5-8H,2-4,9-11H2,1H3. The summed E-state index contributed by atoms with van der Waals surface area (Å²) in [5.41, 5.74) is 1.83. The second-order valence-electron chi connectivity index (χ2n) is 4.70. The van der Waals surface area contributed by atoms with Crippen molar-refractivity contribution in [2.45, 2.75) is 37.5 Å². The molecule has 16 heavy (non-hydrogen) atoms. The zero-order valence-electron chi connectivity index (χ0n) is 9.84. The van der Waals surface area contributed by atoms with Gasteiger partial charge in [-0.1, -0.05) is 47.3 Å². The van der Waals surface area contributed by atoms with Crippen molar-refractivity contribution in [3.05, 3.63) is 29.8 Å². The zero-order valence-corrected chi connectivity index (χ0v) is 11.4. The molecule has 0 bridgehead atoms. The van der Waals surface area contributed by atoms with Crippen LogP contribution in [0.25, 0.3) is 0 Å². The lowest BCUT2D eigenvalue weighted by molar-refractivity contribution is 0.327. The van der Waals surface area contributed by atoms with Crippen molar-refractivity contribution < 1.29 is 4.74 Å². The lowest BCUT2D eigenvalue weighted by Gasteiger charge is -2.36. The van der Waals surface area contributed by atoms with Crippen LogP contribution in [0.2, 0.25) is 0 Å². The Kier molecular flexibility index (Phi) is 3.91. The maximum absolute atomic E-state index is 5.21. The maximum Gasteiger partial charge on any atom is 0.118 e. The molecule has 1 nitrogen and oxygen atoms in total. The van der Waals surface area contributed by atoms with E-state index in [1.165, 1.54) is 37.7 Å². The molecule has 0 aliphatic heterocycles. The molecule has 0 amide bonds. The topological polar surface area (TPSA) is 9.23 Å². The Balaban J connectivity index is 2.24. The lowest BCUT2D eigenvalue weighted by atomic mass is 9.71. The molecule has 1 aromatic carbocycles. The molecule has 0 saturated heterocycles. The highest BCUT2D eigenvalue weighted by Gasteiger charge is 2.32. The van der Waals surface area contributed by atoms with E-state index >= 15 is 0 Å². The van der Waals surface area contributed by atoms with Crippen molar-refractivity contribution in [2.24, 2.45) is 0 Å². The fraction of sp³-hybridized carbons (Fsp3) is 0.571.